The Hall–Kier alpha value is -0.770. The molecule has 4 nitrogen and oxygen atoms in total. The first-order chi connectivity index (χ1) is 6.47. The van der Waals surface area contributed by atoms with Crippen LogP contribution >= 0.6 is 0 Å². The third-order valence-electron chi connectivity index (χ3n) is 2.19. The summed E-state index contributed by atoms with van der Waals surface area (Å²) in [5, 5.41) is 14.9. The zero-order valence-corrected chi connectivity index (χ0v) is 9.50. The Morgan fingerprint density at radius 2 is 1.93 bits per heavy atom. The van der Waals surface area contributed by atoms with Gasteiger partial charge in [0, 0.05) is 12.6 Å². The molecule has 4 heteroatoms. The van der Waals surface area contributed by atoms with Crippen molar-refractivity contribution in [3.8, 4) is 0 Å². The molecule has 0 aromatic rings. The van der Waals surface area contributed by atoms with Gasteiger partial charge in [-0.2, -0.15) is 0 Å². The lowest BCUT2D eigenvalue weighted by Crippen LogP contribution is -2.43. The van der Waals surface area contributed by atoms with Gasteiger partial charge >= 0.3 is 6.03 Å². The largest absolute Gasteiger partial charge is 0.391 e. The number of carbonyl (C=O) groups excluding carboxylic acids is 1. The average Bonchev–Trinajstić information content (AvgIpc) is 2.11. The van der Waals surface area contributed by atoms with Gasteiger partial charge in [-0.15, -0.1) is 0 Å². The normalized spacial score (nSPS) is 15.0. The summed E-state index contributed by atoms with van der Waals surface area (Å²) in [4.78, 5) is 11.1. The van der Waals surface area contributed by atoms with E-state index in [-0.39, 0.29) is 18.0 Å². The van der Waals surface area contributed by atoms with Crippen LogP contribution in [0.2, 0.25) is 0 Å². The number of carbonyl (C=O) groups is 1. The maximum Gasteiger partial charge on any atom is 0.315 e. The zero-order valence-electron chi connectivity index (χ0n) is 9.50. The quantitative estimate of drug-likeness (QED) is 0.625. The molecule has 2 unspecified atom stereocenters. The summed E-state index contributed by atoms with van der Waals surface area (Å²) in [6, 6.07) is -0.0990. The summed E-state index contributed by atoms with van der Waals surface area (Å²) >= 11 is 0. The first-order valence-electron chi connectivity index (χ1n) is 5.19. The summed E-state index contributed by atoms with van der Waals surface area (Å²) in [7, 11) is 0. The maximum absolute atomic E-state index is 11.1. The number of rotatable bonds is 5. The third kappa shape index (κ3) is 5.80. The Labute approximate surface area is 86.1 Å². The summed E-state index contributed by atoms with van der Waals surface area (Å²) in [5.74, 6) is 0.217. The molecule has 0 saturated heterocycles. The van der Waals surface area contributed by atoms with Crippen LogP contribution in [0.25, 0.3) is 0 Å². The van der Waals surface area contributed by atoms with Crippen molar-refractivity contribution in [3.63, 3.8) is 0 Å². The number of nitrogens with one attached hydrogen (secondary N) is 2. The second-order valence-corrected chi connectivity index (χ2v) is 3.96. The van der Waals surface area contributed by atoms with Gasteiger partial charge < -0.3 is 15.7 Å². The SMILES string of the molecule is CCC(C)C(O)CNC(=O)NC(C)C. The van der Waals surface area contributed by atoms with Crippen LogP contribution < -0.4 is 10.6 Å². The molecule has 0 fully saturated rings. The summed E-state index contributed by atoms with van der Waals surface area (Å²) in [5.41, 5.74) is 0. The van der Waals surface area contributed by atoms with Crippen LogP contribution in [0.15, 0.2) is 0 Å². The fourth-order valence-corrected chi connectivity index (χ4v) is 0.984. The molecule has 0 rings (SSSR count). The molecule has 0 heterocycles. The molecule has 0 saturated carbocycles. The molecular weight excluding hydrogens is 180 g/mol. The minimum atomic E-state index is -0.460. The van der Waals surface area contributed by atoms with Crippen molar-refractivity contribution >= 4 is 6.03 Å². The number of amides is 2. The highest BCUT2D eigenvalue weighted by Crippen LogP contribution is 2.05. The van der Waals surface area contributed by atoms with E-state index in [1.807, 2.05) is 27.7 Å². The molecule has 0 aliphatic rings. The van der Waals surface area contributed by atoms with Gasteiger partial charge in [0.15, 0.2) is 0 Å². The molecule has 3 N–H and O–H groups in total. The second kappa shape index (κ2) is 6.65. The van der Waals surface area contributed by atoms with E-state index in [2.05, 4.69) is 10.6 Å². The standard InChI is InChI=1S/C10H22N2O2/c1-5-8(4)9(13)6-11-10(14)12-7(2)3/h7-9,13H,5-6H2,1-4H3,(H2,11,12,14). The first kappa shape index (κ1) is 13.2. The first-order valence-corrected chi connectivity index (χ1v) is 5.19. The van der Waals surface area contributed by atoms with E-state index >= 15 is 0 Å². The van der Waals surface area contributed by atoms with E-state index < -0.39 is 6.10 Å². The van der Waals surface area contributed by atoms with Gasteiger partial charge in [0.2, 0.25) is 0 Å². The minimum Gasteiger partial charge on any atom is -0.391 e. The Balaban J connectivity index is 3.66. The van der Waals surface area contributed by atoms with Crippen molar-refractivity contribution in [2.75, 3.05) is 6.54 Å². The number of aliphatic hydroxyl groups excluding tert-OH is 1. The van der Waals surface area contributed by atoms with Crippen molar-refractivity contribution < 1.29 is 9.90 Å². The molecule has 0 radical (unpaired) electrons. The molecule has 0 aromatic carbocycles. The van der Waals surface area contributed by atoms with E-state index in [9.17, 15) is 9.90 Å². The molecule has 0 aliphatic heterocycles. The van der Waals surface area contributed by atoms with Crippen molar-refractivity contribution in [1.82, 2.24) is 10.6 Å². The number of hydrogen-bond donors (Lipinski definition) is 3. The molecule has 0 bridgehead atoms. The van der Waals surface area contributed by atoms with Crippen LogP contribution in [-0.4, -0.2) is 29.8 Å². The maximum atomic E-state index is 11.1. The third-order valence-corrected chi connectivity index (χ3v) is 2.19. The number of aliphatic hydroxyl groups is 1. The number of urea groups is 1. The Morgan fingerprint density at radius 1 is 1.36 bits per heavy atom. The fraction of sp³-hybridized carbons (Fsp3) is 0.900. The van der Waals surface area contributed by atoms with Gasteiger partial charge in [0.1, 0.15) is 0 Å². The molecule has 84 valence electrons. The molecular formula is C10H22N2O2. The summed E-state index contributed by atoms with van der Waals surface area (Å²) in [6.45, 7) is 8.08. The van der Waals surface area contributed by atoms with Crippen molar-refractivity contribution in [3.05, 3.63) is 0 Å². The Bertz CT molecular complexity index is 172. The summed E-state index contributed by atoms with van der Waals surface area (Å²) < 4.78 is 0. The highest BCUT2D eigenvalue weighted by atomic mass is 16.3. The number of hydrogen-bond acceptors (Lipinski definition) is 2. The van der Waals surface area contributed by atoms with Gasteiger partial charge in [0.25, 0.3) is 0 Å². The molecule has 2 amide bonds. The lowest BCUT2D eigenvalue weighted by atomic mass is 10.0. The van der Waals surface area contributed by atoms with Crippen molar-refractivity contribution in [2.45, 2.75) is 46.3 Å². The van der Waals surface area contributed by atoms with E-state index in [1.54, 1.807) is 0 Å². The highest BCUT2D eigenvalue weighted by Gasteiger charge is 2.13. The predicted molar refractivity (Wildman–Crippen MR) is 57.1 cm³/mol. The smallest absolute Gasteiger partial charge is 0.315 e. The Morgan fingerprint density at radius 3 is 2.36 bits per heavy atom. The van der Waals surface area contributed by atoms with Crippen molar-refractivity contribution in [1.29, 1.82) is 0 Å². The average molecular weight is 202 g/mol. The van der Waals surface area contributed by atoms with E-state index in [1.165, 1.54) is 0 Å². The summed E-state index contributed by atoms with van der Waals surface area (Å²) in [6.07, 6.45) is 0.451. The monoisotopic (exact) mass is 202 g/mol. The second-order valence-electron chi connectivity index (χ2n) is 3.96. The van der Waals surface area contributed by atoms with Crippen LogP contribution in [0.4, 0.5) is 4.79 Å². The van der Waals surface area contributed by atoms with E-state index in [0.717, 1.165) is 6.42 Å². The van der Waals surface area contributed by atoms with E-state index in [0.29, 0.717) is 6.54 Å². The fourth-order valence-electron chi connectivity index (χ4n) is 0.984. The zero-order chi connectivity index (χ0) is 11.1. The lowest BCUT2D eigenvalue weighted by Gasteiger charge is -2.18. The highest BCUT2D eigenvalue weighted by molar-refractivity contribution is 5.74. The molecule has 2 atom stereocenters. The predicted octanol–water partition coefficient (Wildman–Crippen LogP) is 1.10. The van der Waals surface area contributed by atoms with Gasteiger partial charge in [0.05, 0.1) is 6.10 Å². The van der Waals surface area contributed by atoms with Crippen LogP contribution in [0.1, 0.15) is 34.1 Å². The molecule has 0 spiro atoms. The van der Waals surface area contributed by atoms with Crippen LogP contribution in [0.5, 0.6) is 0 Å². The molecule has 0 aromatic heterocycles. The minimum absolute atomic E-state index is 0.121. The van der Waals surface area contributed by atoms with Gasteiger partial charge in [-0.05, 0) is 19.8 Å². The molecule has 14 heavy (non-hydrogen) atoms. The van der Waals surface area contributed by atoms with Gasteiger partial charge in [-0.3, -0.25) is 0 Å². The van der Waals surface area contributed by atoms with Gasteiger partial charge in [-0.25, -0.2) is 4.79 Å². The van der Waals surface area contributed by atoms with Crippen LogP contribution in [0, 0.1) is 5.92 Å². The van der Waals surface area contributed by atoms with Crippen molar-refractivity contribution in [2.24, 2.45) is 5.92 Å². The van der Waals surface area contributed by atoms with Crippen LogP contribution in [0.3, 0.4) is 0 Å². The van der Waals surface area contributed by atoms with Crippen LogP contribution in [-0.2, 0) is 0 Å². The van der Waals surface area contributed by atoms with Gasteiger partial charge in [-0.1, -0.05) is 20.3 Å². The Kier molecular flexibility index (Phi) is 6.28. The topological polar surface area (TPSA) is 61.4 Å². The molecule has 0 aliphatic carbocycles. The lowest BCUT2D eigenvalue weighted by molar-refractivity contribution is 0.114. The van der Waals surface area contributed by atoms with E-state index in [4.69, 9.17) is 0 Å².